The molecule has 2 heterocycles. The topological polar surface area (TPSA) is 80.4 Å². The second kappa shape index (κ2) is 7.98. The Morgan fingerprint density at radius 3 is 2.76 bits per heavy atom. The zero-order valence-electron chi connectivity index (χ0n) is 14.2. The minimum Gasteiger partial charge on any atom is -0.491 e. The fourth-order valence-corrected chi connectivity index (χ4v) is 2.70. The van der Waals surface area contributed by atoms with Gasteiger partial charge in [0.15, 0.2) is 0 Å². The Balaban J connectivity index is 1.51. The van der Waals surface area contributed by atoms with E-state index < -0.39 is 0 Å². The second-order valence-corrected chi connectivity index (χ2v) is 6.16. The first-order valence-electron chi connectivity index (χ1n) is 8.43. The van der Waals surface area contributed by atoms with Gasteiger partial charge in [0.2, 0.25) is 0 Å². The zero-order chi connectivity index (χ0) is 17.6. The minimum absolute atomic E-state index is 0.113. The summed E-state index contributed by atoms with van der Waals surface area (Å²) in [5.74, 6) is 0.389. The summed E-state index contributed by atoms with van der Waals surface area (Å²) in [4.78, 5) is 26.5. The van der Waals surface area contributed by atoms with Crippen LogP contribution in [0, 0.1) is 6.92 Å². The van der Waals surface area contributed by atoms with Crippen LogP contribution in [0.2, 0.25) is 0 Å². The van der Waals surface area contributed by atoms with E-state index in [9.17, 15) is 9.59 Å². The van der Waals surface area contributed by atoms with Crippen LogP contribution >= 0.6 is 0 Å². The number of hydrogen-bond donors (Lipinski definition) is 2. The van der Waals surface area contributed by atoms with Crippen LogP contribution in [0.3, 0.4) is 0 Å². The first kappa shape index (κ1) is 17.2. The lowest BCUT2D eigenvalue weighted by Gasteiger charge is -2.12. The number of nitrogens with one attached hydrogen (secondary N) is 2. The maximum Gasteiger partial charge on any atom is 0.260 e. The van der Waals surface area contributed by atoms with Gasteiger partial charge in [-0.3, -0.25) is 9.59 Å². The van der Waals surface area contributed by atoms with Gasteiger partial charge in [-0.2, -0.15) is 0 Å². The van der Waals surface area contributed by atoms with Crippen molar-refractivity contribution in [3.8, 4) is 5.75 Å². The molecule has 0 saturated carbocycles. The smallest absolute Gasteiger partial charge is 0.260 e. The fourth-order valence-electron chi connectivity index (χ4n) is 2.70. The van der Waals surface area contributed by atoms with Gasteiger partial charge in [0.25, 0.3) is 11.5 Å². The molecule has 1 unspecified atom stereocenters. The molecule has 2 N–H and O–H groups in total. The van der Waals surface area contributed by atoms with Gasteiger partial charge < -0.3 is 19.8 Å². The number of aryl methyl sites for hydroxylation is 1. The van der Waals surface area contributed by atoms with Crippen molar-refractivity contribution >= 4 is 5.91 Å². The predicted octanol–water partition coefficient (Wildman–Crippen LogP) is 2.17. The highest BCUT2D eigenvalue weighted by Gasteiger charge is 2.16. The molecule has 1 fully saturated rings. The van der Waals surface area contributed by atoms with E-state index in [0.717, 1.165) is 36.5 Å². The summed E-state index contributed by atoms with van der Waals surface area (Å²) in [6.07, 6.45) is 2.32. The average Bonchev–Trinajstić information content (AvgIpc) is 3.12. The monoisotopic (exact) mass is 342 g/mol. The molecule has 0 radical (unpaired) electrons. The van der Waals surface area contributed by atoms with E-state index in [1.54, 1.807) is 13.0 Å². The number of rotatable bonds is 6. The summed E-state index contributed by atoms with van der Waals surface area (Å²) in [5, 5.41) is 2.75. The number of hydrogen-bond acceptors (Lipinski definition) is 4. The molecule has 1 aliphatic heterocycles. The number of aromatic amines is 1. The van der Waals surface area contributed by atoms with Crippen LogP contribution in [-0.4, -0.2) is 30.2 Å². The van der Waals surface area contributed by atoms with Crippen LogP contribution in [0.25, 0.3) is 0 Å². The maximum atomic E-state index is 12.1. The van der Waals surface area contributed by atoms with Gasteiger partial charge in [0, 0.05) is 18.8 Å². The fraction of sp³-hybridized carbons (Fsp3) is 0.368. The summed E-state index contributed by atoms with van der Waals surface area (Å²) in [7, 11) is 0. The van der Waals surface area contributed by atoms with Crippen molar-refractivity contribution in [2.75, 3.05) is 13.2 Å². The van der Waals surface area contributed by atoms with Crippen LogP contribution in [0.5, 0.6) is 5.75 Å². The quantitative estimate of drug-likeness (QED) is 0.843. The largest absolute Gasteiger partial charge is 0.491 e. The van der Waals surface area contributed by atoms with Crippen molar-refractivity contribution in [3.63, 3.8) is 0 Å². The van der Waals surface area contributed by atoms with Gasteiger partial charge in [0.05, 0.1) is 6.10 Å². The average molecular weight is 342 g/mol. The van der Waals surface area contributed by atoms with Gasteiger partial charge in [-0.1, -0.05) is 12.1 Å². The van der Waals surface area contributed by atoms with Gasteiger partial charge in [-0.05, 0) is 49.6 Å². The molecule has 2 aromatic rings. The molecule has 3 rings (SSSR count). The normalized spacial score (nSPS) is 16.6. The SMILES string of the molecule is Cc1ccc(C(=O)NCc2ccc(OCC3CCCO3)cc2)c(=O)[nH]1. The summed E-state index contributed by atoms with van der Waals surface area (Å²) in [6, 6.07) is 10.8. The standard InChI is InChI=1S/C19H22N2O4/c1-13-4-9-17(19(23)21-13)18(22)20-11-14-5-7-15(8-6-14)25-12-16-3-2-10-24-16/h4-9,16H,2-3,10-12H2,1H3,(H,20,22)(H,21,23). The molecule has 1 saturated heterocycles. The molecule has 6 heteroatoms. The van der Waals surface area contributed by atoms with Crippen molar-refractivity contribution in [1.82, 2.24) is 10.3 Å². The van der Waals surface area contributed by atoms with E-state index in [1.165, 1.54) is 6.07 Å². The number of carbonyl (C=O) groups is 1. The van der Waals surface area contributed by atoms with E-state index in [-0.39, 0.29) is 23.1 Å². The number of benzene rings is 1. The Labute approximate surface area is 146 Å². The molecule has 1 aliphatic rings. The minimum atomic E-state index is -0.389. The van der Waals surface area contributed by atoms with E-state index in [0.29, 0.717) is 13.2 Å². The molecule has 1 aromatic carbocycles. The summed E-state index contributed by atoms with van der Waals surface area (Å²) < 4.78 is 11.2. The molecule has 1 amide bonds. The summed E-state index contributed by atoms with van der Waals surface area (Å²) in [5.41, 5.74) is 1.39. The molecule has 1 aromatic heterocycles. The van der Waals surface area contributed by atoms with E-state index >= 15 is 0 Å². The molecule has 0 bridgehead atoms. The molecule has 132 valence electrons. The molecular weight excluding hydrogens is 320 g/mol. The van der Waals surface area contributed by atoms with Crippen molar-refractivity contribution in [2.45, 2.75) is 32.4 Å². The number of pyridine rings is 1. The highest BCUT2D eigenvalue weighted by atomic mass is 16.5. The molecular formula is C19H22N2O4. The van der Waals surface area contributed by atoms with Crippen LogP contribution in [-0.2, 0) is 11.3 Å². The van der Waals surface area contributed by atoms with Gasteiger partial charge in [0.1, 0.15) is 17.9 Å². The molecule has 25 heavy (non-hydrogen) atoms. The Morgan fingerprint density at radius 1 is 1.28 bits per heavy atom. The lowest BCUT2D eigenvalue weighted by atomic mass is 10.2. The zero-order valence-corrected chi connectivity index (χ0v) is 14.2. The van der Waals surface area contributed by atoms with E-state index in [4.69, 9.17) is 9.47 Å². The maximum absolute atomic E-state index is 12.1. The van der Waals surface area contributed by atoms with Gasteiger partial charge in [-0.25, -0.2) is 0 Å². The second-order valence-electron chi connectivity index (χ2n) is 6.16. The third kappa shape index (κ3) is 4.70. The lowest BCUT2D eigenvalue weighted by Crippen LogP contribution is -2.29. The Kier molecular flexibility index (Phi) is 5.50. The number of carbonyl (C=O) groups excluding carboxylic acids is 1. The van der Waals surface area contributed by atoms with Gasteiger partial charge >= 0.3 is 0 Å². The highest BCUT2D eigenvalue weighted by Crippen LogP contribution is 2.16. The Hall–Kier alpha value is -2.60. The number of aromatic nitrogens is 1. The van der Waals surface area contributed by atoms with E-state index in [2.05, 4.69) is 10.3 Å². The summed E-state index contributed by atoms with van der Waals surface area (Å²) >= 11 is 0. The van der Waals surface area contributed by atoms with Crippen molar-refractivity contribution in [1.29, 1.82) is 0 Å². The molecule has 6 nitrogen and oxygen atoms in total. The predicted molar refractivity (Wildman–Crippen MR) is 93.9 cm³/mol. The Bertz CT molecular complexity index is 777. The van der Waals surface area contributed by atoms with Crippen LogP contribution in [0.15, 0.2) is 41.2 Å². The third-order valence-corrected chi connectivity index (χ3v) is 4.14. The van der Waals surface area contributed by atoms with E-state index in [1.807, 2.05) is 24.3 Å². The first-order valence-corrected chi connectivity index (χ1v) is 8.43. The number of amides is 1. The number of H-pyrrole nitrogens is 1. The third-order valence-electron chi connectivity index (χ3n) is 4.14. The van der Waals surface area contributed by atoms with Crippen LogP contribution < -0.4 is 15.6 Å². The highest BCUT2D eigenvalue weighted by molar-refractivity contribution is 5.93. The molecule has 0 spiro atoms. The molecule has 1 atom stereocenters. The van der Waals surface area contributed by atoms with Crippen molar-refractivity contribution < 1.29 is 14.3 Å². The lowest BCUT2D eigenvalue weighted by molar-refractivity contribution is 0.0679. The van der Waals surface area contributed by atoms with Crippen LogP contribution in [0.1, 0.15) is 34.5 Å². The Morgan fingerprint density at radius 2 is 2.08 bits per heavy atom. The molecule has 0 aliphatic carbocycles. The van der Waals surface area contributed by atoms with Crippen LogP contribution in [0.4, 0.5) is 0 Å². The number of ether oxygens (including phenoxy) is 2. The van der Waals surface area contributed by atoms with Gasteiger partial charge in [-0.15, -0.1) is 0 Å². The first-order chi connectivity index (χ1) is 12.1. The van der Waals surface area contributed by atoms with Crippen molar-refractivity contribution in [2.24, 2.45) is 0 Å². The summed E-state index contributed by atoms with van der Waals surface area (Å²) in [6.45, 7) is 3.49. The van der Waals surface area contributed by atoms with Crippen molar-refractivity contribution in [3.05, 3.63) is 63.6 Å².